The van der Waals surface area contributed by atoms with E-state index in [-0.39, 0.29) is 5.56 Å². The second-order valence-electron chi connectivity index (χ2n) is 4.34. The molecular formula is C15H14FNO2. The van der Waals surface area contributed by atoms with Crippen LogP contribution in [-0.2, 0) is 0 Å². The van der Waals surface area contributed by atoms with Crippen LogP contribution < -0.4 is 4.74 Å². The van der Waals surface area contributed by atoms with Crippen molar-refractivity contribution in [1.29, 1.82) is 0 Å². The molecule has 0 spiro atoms. The fourth-order valence-electron chi connectivity index (χ4n) is 2.07. The van der Waals surface area contributed by atoms with E-state index in [9.17, 15) is 9.18 Å². The van der Waals surface area contributed by atoms with Crippen LogP contribution in [0.2, 0.25) is 0 Å². The largest absolute Gasteiger partial charge is 0.496 e. The van der Waals surface area contributed by atoms with Gasteiger partial charge < -0.3 is 4.74 Å². The first-order valence-corrected chi connectivity index (χ1v) is 5.84. The van der Waals surface area contributed by atoms with Gasteiger partial charge in [-0.1, -0.05) is 6.07 Å². The lowest BCUT2D eigenvalue weighted by atomic mass is 9.96. The van der Waals surface area contributed by atoms with E-state index in [1.807, 2.05) is 19.9 Å². The average Bonchev–Trinajstić information content (AvgIpc) is 2.37. The number of pyridine rings is 1. The third-order valence-electron chi connectivity index (χ3n) is 2.91. The zero-order valence-electron chi connectivity index (χ0n) is 11.0. The zero-order chi connectivity index (χ0) is 14.0. The van der Waals surface area contributed by atoms with E-state index >= 15 is 0 Å². The summed E-state index contributed by atoms with van der Waals surface area (Å²) in [6.45, 7) is 3.72. The smallest absolute Gasteiger partial charge is 0.200 e. The highest BCUT2D eigenvalue weighted by molar-refractivity contribution is 6.11. The van der Waals surface area contributed by atoms with Gasteiger partial charge in [-0.3, -0.25) is 9.78 Å². The summed E-state index contributed by atoms with van der Waals surface area (Å²) in [5.41, 5.74) is 2.14. The third kappa shape index (κ3) is 2.47. The number of hydrogen-bond donors (Lipinski definition) is 0. The van der Waals surface area contributed by atoms with Gasteiger partial charge in [0.15, 0.2) is 11.6 Å². The van der Waals surface area contributed by atoms with Gasteiger partial charge in [-0.2, -0.15) is 0 Å². The maximum Gasteiger partial charge on any atom is 0.200 e. The standard InChI is InChI=1S/C15H14FNO2/c1-9-6-10(2)14(13(7-9)19-3)15(18)11-4-5-17-8-12(11)16/h4-8H,1-3H3. The van der Waals surface area contributed by atoms with Crippen LogP contribution in [0.5, 0.6) is 5.75 Å². The van der Waals surface area contributed by atoms with E-state index in [2.05, 4.69) is 4.98 Å². The van der Waals surface area contributed by atoms with Crippen LogP contribution in [0.15, 0.2) is 30.6 Å². The molecule has 0 atom stereocenters. The van der Waals surface area contributed by atoms with Crippen molar-refractivity contribution >= 4 is 5.78 Å². The average molecular weight is 259 g/mol. The molecule has 0 bridgehead atoms. The number of halogens is 1. The lowest BCUT2D eigenvalue weighted by Crippen LogP contribution is -2.09. The quantitative estimate of drug-likeness (QED) is 0.795. The van der Waals surface area contributed by atoms with Gasteiger partial charge in [0, 0.05) is 6.20 Å². The number of nitrogens with zero attached hydrogens (tertiary/aromatic N) is 1. The predicted octanol–water partition coefficient (Wildman–Crippen LogP) is 3.08. The molecule has 2 rings (SSSR count). The molecule has 0 aliphatic heterocycles. The molecule has 98 valence electrons. The van der Waals surface area contributed by atoms with E-state index in [1.54, 1.807) is 6.07 Å². The number of benzene rings is 1. The molecule has 0 amide bonds. The Morgan fingerprint density at radius 3 is 2.68 bits per heavy atom. The predicted molar refractivity (Wildman–Crippen MR) is 70.1 cm³/mol. The van der Waals surface area contributed by atoms with Crippen molar-refractivity contribution in [2.24, 2.45) is 0 Å². The summed E-state index contributed by atoms with van der Waals surface area (Å²) in [4.78, 5) is 16.1. The highest BCUT2D eigenvalue weighted by atomic mass is 19.1. The SMILES string of the molecule is COc1cc(C)cc(C)c1C(=O)c1ccncc1F. The van der Waals surface area contributed by atoms with Crippen molar-refractivity contribution < 1.29 is 13.9 Å². The number of methoxy groups -OCH3 is 1. The Hall–Kier alpha value is -2.23. The molecule has 0 aliphatic rings. The van der Waals surface area contributed by atoms with Crippen LogP contribution >= 0.6 is 0 Å². The monoisotopic (exact) mass is 259 g/mol. The lowest BCUT2D eigenvalue weighted by molar-refractivity contribution is 0.103. The maximum atomic E-state index is 13.6. The molecule has 3 nitrogen and oxygen atoms in total. The van der Waals surface area contributed by atoms with E-state index in [1.165, 1.54) is 19.4 Å². The number of carbonyl (C=O) groups excluding carboxylic acids is 1. The first-order chi connectivity index (χ1) is 9.04. The van der Waals surface area contributed by atoms with Gasteiger partial charge in [-0.15, -0.1) is 0 Å². The molecule has 0 aliphatic carbocycles. The van der Waals surface area contributed by atoms with Gasteiger partial charge in [-0.05, 0) is 37.1 Å². The van der Waals surface area contributed by atoms with Crippen molar-refractivity contribution in [3.8, 4) is 5.75 Å². The molecule has 0 unspecified atom stereocenters. The molecular weight excluding hydrogens is 245 g/mol. The van der Waals surface area contributed by atoms with Crippen LogP contribution in [0.4, 0.5) is 4.39 Å². The van der Waals surface area contributed by atoms with Crippen molar-refractivity contribution in [1.82, 2.24) is 4.98 Å². The Morgan fingerprint density at radius 1 is 1.32 bits per heavy atom. The van der Waals surface area contributed by atoms with E-state index in [4.69, 9.17) is 4.74 Å². The lowest BCUT2D eigenvalue weighted by Gasteiger charge is -2.12. The molecule has 0 radical (unpaired) electrons. The van der Waals surface area contributed by atoms with E-state index < -0.39 is 11.6 Å². The summed E-state index contributed by atoms with van der Waals surface area (Å²) in [7, 11) is 1.49. The Bertz CT molecular complexity index is 638. The van der Waals surface area contributed by atoms with Crippen LogP contribution in [0.1, 0.15) is 27.0 Å². The fourth-order valence-corrected chi connectivity index (χ4v) is 2.07. The number of ether oxygens (including phenoxy) is 1. The normalized spacial score (nSPS) is 10.3. The number of hydrogen-bond acceptors (Lipinski definition) is 3. The minimum Gasteiger partial charge on any atom is -0.496 e. The van der Waals surface area contributed by atoms with Crippen LogP contribution in [-0.4, -0.2) is 17.9 Å². The number of aryl methyl sites for hydroxylation is 2. The third-order valence-corrected chi connectivity index (χ3v) is 2.91. The molecule has 1 heterocycles. The molecule has 0 N–H and O–H groups in total. The fraction of sp³-hybridized carbons (Fsp3) is 0.200. The van der Waals surface area contributed by atoms with Crippen molar-refractivity contribution in [3.05, 3.63) is 58.7 Å². The van der Waals surface area contributed by atoms with Gasteiger partial charge in [0.05, 0.1) is 24.4 Å². The molecule has 2 aromatic rings. The Balaban J connectivity index is 2.59. The van der Waals surface area contributed by atoms with Gasteiger partial charge >= 0.3 is 0 Å². The van der Waals surface area contributed by atoms with Crippen LogP contribution in [0.3, 0.4) is 0 Å². The van der Waals surface area contributed by atoms with Crippen molar-refractivity contribution in [3.63, 3.8) is 0 Å². The van der Waals surface area contributed by atoms with Gasteiger partial charge in [0.2, 0.25) is 0 Å². The Kier molecular flexibility index (Phi) is 3.60. The van der Waals surface area contributed by atoms with E-state index in [0.29, 0.717) is 11.3 Å². The topological polar surface area (TPSA) is 39.2 Å². The van der Waals surface area contributed by atoms with Crippen LogP contribution in [0.25, 0.3) is 0 Å². The summed E-state index contributed by atoms with van der Waals surface area (Å²) in [5.74, 6) is -0.567. The number of ketones is 1. The number of rotatable bonds is 3. The molecule has 1 aromatic heterocycles. The first-order valence-electron chi connectivity index (χ1n) is 5.84. The second-order valence-corrected chi connectivity index (χ2v) is 4.34. The second kappa shape index (κ2) is 5.18. The van der Waals surface area contributed by atoms with Crippen molar-refractivity contribution in [2.75, 3.05) is 7.11 Å². The molecule has 4 heteroatoms. The van der Waals surface area contributed by atoms with Gasteiger partial charge in [0.25, 0.3) is 0 Å². The number of carbonyl (C=O) groups is 1. The Labute approximate surface area is 111 Å². The highest BCUT2D eigenvalue weighted by Crippen LogP contribution is 2.27. The first kappa shape index (κ1) is 13.2. The van der Waals surface area contributed by atoms with Crippen LogP contribution in [0, 0.1) is 19.7 Å². The van der Waals surface area contributed by atoms with Crippen molar-refractivity contribution in [2.45, 2.75) is 13.8 Å². The Morgan fingerprint density at radius 2 is 2.05 bits per heavy atom. The summed E-state index contributed by atoms with van der Waals surface area (Å²) >= 11 is 0. The van der Waals surface area contributed by atoms with E-state index in [0.717, 1.165) is 17.3 Å². The summed E-state index contributed by atoms with van der Waals surface area (Å²) < 4.78 is 18.9. The molecule has 1 aromatic carbocycles. The number of aromatic nitrogens is 1. The zero-order valence-corrected chi connectivity index (χ0v) is 11.0. The summed E-state index contributed by atoms with van der Waals surface area (Å²) in [6.07, 6.45) is 2.43. The molecule has 0 saturated heterocycles. The maximum absolute atomic E-state index is 13.6. The minimum atomic E-state index is -0.630. The molecule has 19 heavy (non-hydrogen) atoms. The minimum absolute atomic E-state index is 0.000234. The van der Waals surface area contributed by atoms with Gasteiger partial charge in [-0.25, -0.2) is 4.39 Å². The molecule has 0 fully saturated rings. The summed E-state index contributed by atoms with van der Waals surface area (Å²) in [6, 6.07) is 5.00. The summed E-state index contributed by atoms with van der Waals surface area (Å²) in [5, 5.41) is 0. The molecule has 0 saturated carbocycles. The highest BCUT2D eigenvalue weighted by Gasteiger charge is 2.20. The van der Waals surface area contributed by atoms with Gasteiger partial charge in [0.1, 0.15) is 5.75 Å².